The topological polar surface area (TPSA) is 66.9 Å². The molecule has 3 rings (SSSR count). The first-order valence-corrected chi connectivity index (χ1v) is 7.68. The van der Waals surface area contributed by atoms with Crippen LogP contribution in [-0.4, -0.2) is 21.9 Å². The van der Waals surface area contributed by atoms with Gasteiger partial charge in [-0.3, -0.25) is 4.79 Å². The van der Waals surface area contributed by atoms with Crippen LogP contribution in [0.5, 0.6) is 0 Å². The minimum atomic E-state index is -0.137. The fraction of sp³-hybridized carbons (Fsp3) is 0.353. The molecule has 1 aliphatic carbocycles. The van der Waals surface area contributed by atoms with Crippen molar-refractivity contribution in [2.45, 2.75) is 38.6 Å². The predicted octanol–water partition coefficient (Wildman–Crippen LogP) is 3.20. The smallest absolute Gasteiger partial charge is 0.271 e. The second-order valence-corrected chi connectivity index (χ2v) is 5.68. The molecule has 2 aromatic rings. The molecular formula is C17H20N4O. The molecule has 0 atom stereocenters. The van der Waals surface area contributed by atoms with E-state index in [1.165, 1.54) is 19.0 Å². The van der Waals surface area contributed by atoms with Crippen molar-refractivity contribution in [3.63, 3.8) is 0 Å². The Kier molecular flexibility index (Phi) is 4.32. The highest BCUT2D eigenvalue weighted by molar-refractivity contribution is 5.92. The van der Waals surface area contributed by atoms with E-state index in [2.05, 4.69) is 20.6 Å². The lowest BCUT2D eigenvalue weighted by atomic mass is 10.2. The third-order valence-electron chi connectivity index (χ3n) is 3.98. The summed E-state index contributed by atoms with van der Waals surface area (Å²) in [6.45, 7) is 2.03. The van der Waals surface area contributed by atoms with E-state index in [-0.39, 0.29) is 5.91 Å². The van der Waals surface area contributed by atoms with Crippen LogP contribution in [-0.2, 0) is 0 Å². The number of benzene rings is 1. The average molecular weight is 296 g/mol. The van der Waals surface area contributed by atoms with Crippen molar-refractivity contribution in [2.75, 3.05) is 5.32 Å². The number of carbonyl (C=O) groups excluding carboxylic acids is 1. The number of rotatable bonds is 4. The predicted molar refractivity (Wildman–Crippen MR) is 86.2 cm³/mol. The number of carbonyl (C=O) groups is 1. The number of hydrogen-bond donors (Lipinski definition) is 2. The summed E-state index contributed by atoms with van der Waals surface area (Å²) in [5.41, 5.74) is 2.48. The summed E-state index contributed by atoms with van der Waals surface area (Å²) < 4.78 is 0. The highest BCUT2D eigenvalue weighted by Gasteiger charge is 2.18. The van der Waals surface area contributed by atoms with Crippen molar-refractivity contribution in [1.82, 2.24) is 15.3 Å². The molecule has 0 spiro atoms. The maximum Gasteiger partial charge on any atom is 0.271 e. The summed E-state index contributed by atoms with van der Waals surface area (Å²) in [6, 6.07) is 8.25. The number of hydrogen-bond acceptors (Lipinski definition) is 4. The molecule has 1 amide bonds. The van der Waals surface area contributed by atoms with Gasteiger partial charge >= 0.3 is 0 Å². The van der Waals surface area contributed by atoms with Gasteiger partial charge in [-0.1, -0.05) is 31.0 Å². The van der Waals surface area contributed by atoms with E-state index in [0.29, 0.717) is 17.6 Å². The second-order valence-electron chi connectivity index (χ2n) is 5.68. The Hall–Kier alpha value is -2.43. The van der Waals surface area contributed by atoms with Crippen molar-refractivity contribution >= 4 is 17.4 Å². The Morgan fingerprint density at radius 3 is 2.59 bits per heavy atom. The van der Waals surface area contributed by atoms with Gasteiger partial charge in [0, 0.05) is 11.7 Å². The Balaban J connectivity index is 1.64. The minimum Gasteiger partial charge on any atom is -0.348 e. The van der Waals surface area contributed by atoms with Crippen molar-refractivity contribution in [1.29, 1.82) is 0 Å². The third kappa shape index (κ3) is 3.42. The van der Waals surface area contributed by atoms with Gasteiger partial charge < -0.3 is 10.6 Å². The molecule has 0 bridgehead atoms. The van der Waals surface area contributed by atoms with Gasteiger partial charge in [-0.25, -0.2) is 9.97 Å². The maximum absolute atomic E-state index is 12.1. The molecule has 114 valence electrons. The normalized spacial score (nSPS) is 14.8. The van der Waals surface area contributed by atoms with Crippen LogP contribution in [0, 0.1) is 6.92 Å². The van der Waals surface area contributed by atoms with Crippen LogP contribution in [0.1, 0.15) is 41.7 Å². The zero-order valence-electron chi connectivity index (χ0n) is 12.7. The van der Waals surface area contributed by atoms with Gasteiger partial charge in [0.15, 0.2) is 0 Å². The fourth-order valence-electron chi connectivity index (χ4n) is 2.69. The summed E-state index contributed by atoms with van der Waals surface area (Å²) in [7, 11) is 0. The number of amides is 1. The number of aromatic nitrogens is 2. The molecule has 22 heavy (non-hydrogen) atoms. The van der Waals surface area contributed by atoms with Crippen LogP contribution in [0.3, 0.4) is 0 Å². The molecule has 0 radical (unpaired) electrons. The fourth-order valence-corrected chi connectivity index (χ4v) is 2.69. The molecule has 1 fully saturated rings. The Bertz CT molecular complexity index is 648. The largest absolute Gasteiger partial charge is 0.348 e. The standard InChI is InChI=1S/C17H20N4O/c1-12-6-2-5-9-14(12)21-16-11-18-15(10-19-16)17(22)20-13-7-3-4-8-13/h2,5-6,9-11,13H,3-4,7-8H2,1H3,(H,19,21)(H,20,22). The summed E-state index contributed by atoms with van der Waals surface area (Å²) in [4.78, 5) is 20.6. The first-order valence-electron chi connectivity index (χ1n) is 7.68. The number of para-hydroxylation sites is 1. The van der Waals surface area contributed by atoms with Crippen LogP contribution in [0.4, 0.5) is 11.5 Å². The summed E-state index contributed by atoms with van der Waals surface area (Å²) in [6.07, 6.45) is 7.62. The zero-order valence-corrected chi connectivity index (χ0v) is 12.7. The van der Waals surface area contributed by atoms with E-state index in [1.54, 1.807) is 6.20 Å². The van der Waals surface area contributed by atoms with Gasteiger partial charge in [-0.2, -0.15) is 0 Å². The van der Waals surface area contributed by atoms with E-state index in [1.807, 2.05) is 31.2 Å². The zero-order chi connectivity index (χ0) is 15.4. The quantitative estimate of drug-likeness (QED) is 0.909. The minimum absolute atomic E-state index is 0.137. The molecule has 5 nitrogen and oxygen atoms in total. The highest BCUT2D eigenvalue weighted by atomic mass is 16.1. The molecule has 2 N–H and O–H groups in total. The van der Waals surface area contributed by atoms with Crippen molar-refractivity contribution in [3.8, 4) is 0 Å². The molecule has 1 aromatic carbocycles. The lowest BCUT2D eigenvalue weighted by molar-refractivity contribution is 0.0932. The van der Waals surface area contributed by atoms with Gasteiger partial charge in [0.25, 0.3) is 5.91 Å². The molecule has 1 heterocycles. The number of aryl methyl sites for hydroxylation is 1. The average Bonchev–Trinajstić information content (AvgIpc) is 3.03. The Labute approximate surface area is 130 Å². The van der Waals surface area contributed by atoms with Crippen molar-refractivity contribution in [2.24, 2.45) is 0 Å². The lowest BCUT2D eigenvalue weighted by Crippen LogP contribution is -2.33. The van der Waals surface area contributed by atoms with Gasteiger partial charge in [0.05, 0.1) is 12.4 Å². The Morgan fingerprint density at radius 1 is 1.14 bits per heavy atom. The van der Waals surface area contributed by atoms with E-state index in [9.17, 15) is 4.79 Å². The molecule has 1 aromatic heterocycles. The molecule has 0 aliphatic heterocycles. The molecule has 1 saturated carbocycles. The summed E-state index contributed by atoms with van der Waals surface area (Å²) in [5, 5.41) is 6.22. The number of nitrogens with one attached hydrogen (secondary N) is 2. The number of nitrogens with zero attached hydrogens (tertiary/aromatic N) is 2. The van der Waals surface area contributed by atoms with Crippen LogP contribution in [0.2, 0.25) is 0 Å². The van der Waals surface area contributed by atoms with Crippen molar-refractivity contribution in [3.05, 3.63) is 47.9 Å². The molecule has 5 heteroatoms. The molecule has 0 saturated heterocycles. The lowest BCUT2D eigenvalue weighted by Gasteiger charge is -2.12. The third-order valence-corrected chi connectivity index (χ3v) is 3.98. The summed E-state index contributed by atoms with van der Waals surface area (Å²) in [5.74, 6) is 0.494. The van der Waals surface area contributed by atoms with E-state index in [4.69, 9.17) is 0 Å². The first kappa shape index (κ1) is 14.5. The summed E-state index contributed by atoms with van der Waals surface area (Å²) >= 11 is 0. The van der Waals surface area contributed by atoms with E-state index < -0.39 is 0 Å². The number of anilines is 2. The maximum atomic E-state index is 12.1. The van der Waals surface area contributed by atoms with Gasteiger partial charge in [0.2, 0.25) is 0 Å². The van der Waals surface area contributed by atoms with E-state index in [0.717, 1.165) is 24.1 Å². The van der Waals surface area contributed by atoms with Gasteiger partial charge in [0.1, 0.15) is 11.5 Å². The van der Waals surface area contributed by atoms with Crippen LogP contribution < -0.4 is 10.6 Å². The molecule has 0 unspecified atom stereocenters. The highest BCUT2D eigenvalue weighted by Crippen LogP contribution is 2.19. The second kappa shape index (κ2) is 6.56. The van der Waals surface area contributed by atoms with Gasteiger partial charge in [-0.15, -0.1) is 0 Å². The van der Waals surface area contributed by atoms with Crippen LogP contribution in [0.25, 0.3) is 0 Å². The molecule has 1 aliphatic rings. The first-order chi connectivity index (χ1) is 10.7. The SMILES string of the molecule is Cc1ccccc1Nc1cnc(C(=O)NC2CCCC2)cn1. The molecular weight excluding hydrogens is 276 g/mol. The van der Waals surface area contributed by atoms with Gasteiger partial charge in [-0.05, 0) is 31.4 Å². The Morgan fingerprint density at radius 2 is 1.91 bits per heavy atom. The van der Waals surface area contributed by atoms with E-state index >= 15 is 0 Å². The van der Waals surface area contributed by atoms with Crippen LogP contribution in [0.15, 0.2) is 36.7 Å². The van der Waals surface area contributed by atoms with Crippen LogP contribution >= 0.6 is 0 Å². The van der Waals surface area contributed by atoms with Crippen molar-refractivity contribution < 1.29 is 4.79 Å². The monoisotopic (exact) mass is 296 g/mol.